The van der Waals surface area contributed by atoms with E-state index in [1.54, 1.807) is 31.0 Å². The van der Waals surface area contributed by atoms with Gasteiger partial charge in [-0.1, -0.05) is 13.8 Å². The van der Waals surface area contributed by atoms with Crippen molar-refractivity contribution >= 4 is 17.5 Å². The molecule has 5 heteroatoms. The van der Waals surface area contributed by atoms with Gasteiger partial charge in [-0.2, -0.15) is 11.8 Å². The third-order valence-electron chi connectivity index (χ3n) is 2.78. The second kappa shape index (κ2) is 8.04. The summed E-state index contributed by atoms with van der Waals surface area (Å²) in [5, 5.41) is 0.523. The summed E-state index contributed by atoms with van der Waals surface area (Å²) in [5.41, 5.74) is 0.537. The smallest absolute Gasteiger partial charge is 0.204 e. The standard InChI is InChI=1S/C15H22O4S/c1-10(2)20-9-8-12(16)11-6-7-13(17-3)15(19-5)14(11)18-4/h6-7,10H,8-9H2,1-5H3. The zero-order chi connectivity index (χ0) is 15.1. The Hall–Kier alpha value is -1.36. The number of carbonyl (C=O) groups excluding carboxylic acids is 1. The molecule has 0 radical (unpaired) electrons. The van der Waals surface area contributed by atoms with Crippen LogP contribution in [-0.4, -0.2) is 38.1 Å². The SMILES string of the molecule is COc1ccc(C(=O)CCSC(C)C)c(OC)c1OC. The topological polar surface area (TPSA) is 44.8 Å². The van der Waals surface area contributed by atoms with Crippen molar-refractivity contribution in [1.82, 2.24) is 0 Å². The molecule has 1 rings (SSSR count). The molecule has 0 aliphatic heterocycles. The van der Waals surface area contributed by atoms with Crippen LogP contribution in [0.2, 0.25) is 0 Å². The van der Waals surface area contributed by atoms with Crippen LogP contribution < -0.4 is 14.2 Å². The molecule has 0 heterocycles. The molecule has 1 aromatic rings. The fraction of sp³-hybridized carbons (Fsp3) is 0.533. The number of hydrogen-bond donors (Lipinski definition) is 0. The van der Waals surface area contributed by atoms with Gasteiger partial charge in [0.25, 0.3) is 0 Å². The van der Waals surface area contributed by atoms with E-state index in [2.05, 4.69) is 13.8 Å². The van der Waals surface area contributed by atoms with Crippen molar-refractivity contribution in [3.63, 3.8) is 0 Å². The van der Waals surface area contributed by atoms with Gasteiger partial charge in [-0.25, -0.2) is 0 Å². The van der Waals surface area contributed by atoms with E-state index in [0.29, 0.717) is 34.5 Å². The summed E-state index contributed by atoms with van der Waals surface area (Å²) in [6.07, 6.45) is 0.481. The largest absolute Gasteiger partial charge is 0.493 e. The van der Waals surface area contributed by atoms with E-state index in [0.717, 1.165) is 5.75 Å². The molecule has 0 aliphatic carbocycles. The lowest BCUT2D eigenvalue weighted by molar-refractivity contribution is 0.0986. The number of ether oxygens (including phenoxy) is 3. The molecule has 0 N–H and O–H groups in total. The number of ketones is 1. The molecule has 0 atom stereocenters. The van der Waals surface area contributed by atoms with Gasteiger partial charge in [0.05, 0.1) is 26.9 Å². The Morgan fingerprint density at radius 2 is 1.75 bits per heavy atom. The van der Waals surface area contributed by atoms with Crippen molar-refractivity contribution in [2.45, 2.75) is 25.5 Å². The average Bonchev–Trinajstić information content (AvgIpc) is 2.44. The summed E-state index contributed by atoms with van der Waals surface area (Å²) < 4.78 is 15.8. The Morgan fingerprint density at radius 1 is 1.10 bits per heavy atom. The molecule has 0 amide bonds. The number of benzene rings is 1. The number of hydrogen-bond acceptors (Lipinski definition) is 5. The number of rotatable bonds is 8. The average molecular weight is 298 g/mol. The van der Waals surface area contributed by atoms with E-state index in [1.807, 2.05) is 0 Å². The minimum atomic E-state index is 0.0518. The zero-order valence-corrected chi connectivity index (χ0v) is 13.5. The van der Waals surface area contributed by atoms with Crippen molar-refractivity contribution in [1.29, 1.82) is 0 Å². The van der Waals surface area contributed by atoms with E-state index >= 15 is 0 Å². The van der Waals surface area contributed by atoms with Gasteiger partial charge in [-0.3, -0.25) is 4.79 Å². The maximum atomic E-state index is 12.3. The second-order valence-corrected chi connectivity index (χ2v) is 6.16. The molecule has 1 aromatic carbocycles. The Bertz CT molecular complexity index is 457. The van der Waals surface area contributed by atoms with Gasteiger partial charge in [-0.05, 0) is 17.4 Å². The minimum absolute atomic E-state index is 0.0518. The number of methoxy groups -OCH3 is 3. The highest BCUT2D eigenvalue weighted by Gasteiger charge is 2.20. The summed E-state index contributed by atoms with van der Waals surface area (Å²) in [6, 6.07) is 3.45. The van der Waals surface area contributed by atoms with Crippen molar-refractivity contribution in [2.75, 3.05) is 27.1 Å². The molecule has 0 spiro atoms. The first-order chi connectivity index (χ1) is 9.54. The van der Waals surface area contributed by atoms with Gasteiger partial charge in [0.1, 0.15) is 0 Å². The molecule has 4 nitrogen and oxygen atoms in total. The Kier molecular flexibility index (Phi) is 6.71. The van der Waals surface area contributed by atoms with Gasteiger partial charge >= 0.3 is 0 Å². The molecule has 0 saturated heterocycles. The van der Waals surface area contributed by atoms with Crippen molar-refractivity contribution in [3.8, 4) is 17.2 Å². The Morgan fingerprint density at radius 3 is 2.25 bits per heavy atom. The van der Waals surface area contributed by atoms with Crippen molar-refractivity contribution in [2.24, 2.45) is 0 Å². The van der Waals surface area contributed by atoms with Crippen LogP contribution in [-0.2, 0) is 0 Å². The van der Waals surface area contributed by atoms with Crippen molar-refractivity contribution in [3.05, 3.63) is 17.7 Å². The highest BCUT2D eigenvalue weighted by Crippen LogP contribution is 2.40. The van der Waals surface area contributed by atoms with Crippen LogP contribution in [0.25, 0.3) is 0 Å². The molecular formula is C15H22O4S. The third-order valence-corrected chi connectivity index (χ3v) is 3.89. The predicted molar refractivity (Wildman–Crippen MR) is 82.6 cm³/mol. The van der Waals surface area contributed by atoms with Crippen LogP contribution in [0.3, 0.4) is 0 Å². The van der Waals surface area contributed by atoms with Gasteiger partial charge in [0, 0.05) is 12.2 Å². The van der Waals surface area contributed by atoms with Crippen LogP contribution in [0.15, 0.2) is 12.1 Å². The Balaban J connectivity index is 2.97. The summed E-state index contributed by atoms with van der Waals surface area (Å²) >= 11 is 1.77. The van der Waals surface area contributed by atoms with Gasteiger partial charge in [0.15, 0.2) is 17.3 Å². The van der Waals surface area contributed by atoms with E-state index in [-0.39, 0.29) is 5.78 Å². The predicted octanol–water partition coefficient (Wildman–Crippen LogP) is 3.43. The van der Waals surface area contributed by atoms with Crippen LogP contribution in [0.4, 0.5) is 0 Å². The molecule has 0 aliphatic rings. The number of carbonyl (C=O) groups is 1. The second-order valence-electron chi connectivity index (χ2n) is 4.47. The van der Waals surface area contributed by atoms with Crippen LogP contribution >= 0.6 is 11.8 Å². The number of thioether (sulfide) groups is 1. The maximum Gasteiger partial charge on any atom is 0.204 e. The lowest BCUT2D eigenvalue weighted by Gasteiger charge is -2.15. The van der Waals surface area contributed by atoms with Crippen LogP contribution in [0, 0.1) is 0 Å². The number of Topliss-reactive ketones (excluding diaryl/α,β-unsaturated/α-hetero) is 1. The van der Waals surface area contributed by atoms with E-state index in [1.165, 1.54) is 14.2 Å². The molecule has 0 bridgehead atoms. The molecule has 20 heavy (non-hydrogen) atoms. The molecule has 0 aromatic heterocycles. The zero-order valence-electron chi connectivity index (χ0n) is 12.7. The summed E-state index contributed by atoms with van der Waals surface area (Å²) in [6.45, 7) is 4.23. The summed E-state index contributed by atoms with van der Waals surface area (Å²) in [5.74, 6) is 2.30. The fourth-order valence-electron chi connectivity index (χ4n) is 1.84. The minimum Gasteiger partial charge on any atom is -0.493 e. The highest BCUT2D eigenvalue weighted by atomic mass is 32.2. The third kappa shape index (κ3) is 4.07. The van der Waals surface area contributed by atoms with Gasteiger partial charge in [0.2, 0.25) is 5.75 Å². The quantitative estimate of drug-likeness (QED) is 0.688. The van der Waals surface area contributed by atoms with Crippen molar-refractivity contribution < 1.29 is 19.0 Å². The van der Waals surface area contributed by atoms with Crippen LogP contribution in [0.1, 0.15) is 30.6 Å². The van der Waals surface area contributed by atoms with Gasteiger partial charge in [-0.15, -0.1) is 0 Å². The molecule has 0 saturated carbocycles. The lowest BCUT2D eigenvalue weighted by Crippen LogP contribution is -2.06. The normalized spacial score (nSPS) is 10.5. The first kappa shape index (κ1) is 16.7. The lowest BCUT2D eigenvalue weighted by atomic mass is 10.1. The van der Waals surface area contributed by atoms with E-state index in [4.69, 9.17) is 14.2 Å². The molecule has 112 valence electrons. The summed E-state index contributed by atoms with van der Waals surface area (Å²) in [7, 11) is 4.61. The van der Waals surface area contributed by atoms with Crippen LogP contribution in [0.5, 0.6) is 17.2 Å². The monoisotopic (exact) mass is 298 g/mol. The first-order valence-electron chi connectivity index (χ1n) is 6.48. The molecular weight excluding hydrogens is 276 g/mol. The van der Waals surface area contributed by atoms with E-state index in [9.17, 15) is 4.79 Å². The maximum absolute atomic E-state index is 12.3. The first-order valence-corrected chi connectivity index (χ1v) is 7.53. The summed E-state index contributed by atoms with van der Waals surface area (Å²) in [4.78, 5) is 12.3. The van der Waals surface area contributed by atoms with Gasteiger partial charge < -0.3 is 14.2 Å². The molecule has 0 unspecified atom stereocenters. The molecule has 0 fully saturated rings. The fourth-order valence-corrected chi connectivity index (χ4v) is 2.62. The Labute approximate surface area is 124 Å². The highest BCUT2D eigenvalue weighted by molar-refractivity contribution is 7.99. The van der Waals surface area contributed by atoms with E-state index < -0.39 is 0 Å².